The fourth-order valence-corrected chi connectivity index (χ4v) is 2.65. The van der Waals surface area contributed by atoms with E-state index in [2.05, 4.69) is 20.0 Å². The number of ether oxygens (including phenoxy) is 2. The normalized spacial score (nSPS) is 11.6. The summed E-state index contributed by atoms with van der Waals surface area (Å²) in [4.78, 5) is 30.5. The average Bonchev–Trinajstić information content (AvgIpc) is 2.74. The van der Waals surface area contributed by atoms with Crippen LogP contribution in [0.5, 0.6) is 11.5 Å². The number of aromatic nitrogens is 2. The molecule has 0 saturated heterocycles. The minimum absolute atomic E-state index is 0.209. The highest BCUT2D eigenvalue weighted by Gasteiger charge is 2.21. The number of hydrogen-bond donors (Lipinski definition) is 2. The topological polar surface area (TPSA) is 93.3 Å². The van der Waals surface area contributed by atoms with Crippen molar-refractivity contribution in [1.82, 2.24) is 15.3 Å². The zero-order chi connectivity index (χ0) is 20.8. The molecule has 0 aliphatic heterocycles. The fourth-order valence-electron chi connectivity index (χ4n) is 2.65. The second kappa shape index (κ2) is 8.96. The van der Waals surface area contributed by atoms with E-state index in [4.69, 9.17) is 4.74 Å². The number of nitrogens with one attached hydrogen (secondary N) is 2. The van der Waals surface area contributed by atoms with Gasteiger partial charge in [-0.2, -0.15) is 0 Å². The molecule has 2 N–H and O–H groups in total. The summed E-state index contributed by atoms with van der Waals surface area (Å²) in [5.74, 6) is -1.02. The van der Waals surface area contributed by atoms with Crippen LogP contribution in [-0.2, 0) is 0 Å². The first-order valence-corrected chi connectivity index (χ1v) is 8.49. The van der Waals surface area contributed by atoms with Crippen molar-refractivity contribution in [2.24, 2.45) is 0 Å². The first-order chi connectivity index (χ1) is 14.0. The first-order valence-electron chi connectivity index (χ1n) is 8.49. The number of halogens is 2. The predicted molar refractivity (Wildman–Crippen MR) is 100 cm³/mol. The van der Waals surface area contributed by atoms with E-state index in [1.807, 2.05) is 0 Å². The van der Waals surface area contributed by atoms with Gasteiger partial charge in [-0.1, -0.05) is 6.07 Å². The van der Waals surface area contributed by atoms with Crippen molar-refractivity contribution < 1.29 is 23.0 Å². The second-order valence-electron chi connectivity index (χ2n) is 5.91. The number of methoxy groups -OCH3 is 1. The summed E-state index contributed by atoms with van der Waals surface area (Å²) in [5, 5.41) is 2.76. The molecule has 0 bridgehead atoms. The number of pyridine rings is 2. The van der Waals surface area contributed by atoms with Crippen molar-refractivity contribution >= 4 is 5.91 Å². The van der Waals surface area contributed by atoms with E-state index in [1.54, 1.807) is 12.1 Å². The zero-order valence-electron chi connectivity index (χ0n) is 15.3. The molecule has 0 radical (unpaired) electrons. The molecule has 2 heterocycles. The van der Waals surface area contributed by atoms with Crippen LogP contribution in [0.4, 0.5) is 8.78 Å². The quantitative estimate of drug-likeness (QED) is 0.635. The third kappa shape index (κ3) is 4.75. The van der Waals surface area contributed by atoms with E-state index in [9.17, 15) is 18.4 Å². The number of hydrogen-bond acceptors (Lipinski definition) is 5. The van der Waals surface area contributed by atoms with Gasteiger partial charge in [0.05, 0.1) is 30.6 Å². The molecular weight excluding hydrogens is 384 g/mol. The average molecular weight is 401 g/mol. The summed E-state index contributed by atoms with van der Waals surface area (Å²) < 4.78 is 36.3. The van der Waals surface area contributed by atoms with Crippen LogP contribution in [0.1, 0.15) is 27.7 Å². The summed E-state index contributed by atoms with van der Waals surface area (Å²) in [7, 11) is 1.49. The molecule has 3 rings (SSSR count). The lowest BCUT2D eigenvalue weighted by atomic mass is 10.0. The Balaban J connectivity index is 1.96. The first kappa shape index (κ1) is 20.0. The molecule has 2 aromatic heterocycles. The van der Waals surface area contributed by atoms with Crippen molar-refractivity contribution in [3.8, 4) is 11.5 Å². The van der Waals surface area contributed by atoms with Gasteiger partial charge in [-0.05, 0) is 35.9 Å². The molecule has 0 spiro atoms. The SMILES string of the molecule is COc1ccc(C(NC(=O)c2ccc(=O)[nH]c2)c2ccc(OCF)c(F)c2)nc1. The molecule has 0 aliphatic carbocycles. The lowest BCUT2D eigenvalue weighted by molar-refractivity contribution is 0.0942. The summed E-state index contributed by atoms with van der Waals surface area (Å²) >= 11 is 0. The van der Waals surface area contributed by atoms with Crippen molar-refractivity contribution in [1.29, 1.82) is 0 Å². The van der Waals surface area contributed by atoms with Crippen LogP contribution in [-0.4, -0.2) is 29.8 Å². The highest BCUT2D eigenvalue weighted by Crippen LogP contribution is 2.27. The molecule has 1 amide bonds. The van der Waals surface area contributed by atoms with Gasteiger partial charge < -0.3 is 19.8 Å². The van der Waals surface area contributed by atoms with Gasteiger partial charge >= 0.3 is 0 Å². The Morgan fingerprint density at radius 3 is 2.66 bits per heavy atom. The van der Waals surface area contributed by atoms with Crippen LogP contribution in [0.15, 0.2) is 59.7 Å². The fraction of sp³-hybridized carbons (Fsp3) is 0.150. The summed E-state index contributed by atoms with van der Waals surface area (Å²) in [6.45, 7) is -1.16. The van der Waals surface area contributed by atoms with Crippen LogP contribution in [0.25, 0.3) is 0 Å². The van der Waals surface area contributed by atoms with Gasteiger partial charge in [0.15, 0.2) is 11.6 Å². The lowest BCUT2D eigenvalue weighted by Crippen LogP contribution is -2.30. The number of carbonyl (C=O) groups is 1. The Morgan fingerprint density at radius 2 is 2.07 bits per heavy atom. The molecule has 7 nitrogen and oxygen atoms in total. The highest BCUT2D eigenvalue weighted by atomic mass is 19.1. The molecule has 1 unspecified atom stereocenters. The van der Waals surface area contributed by atoms with Crippen LogP contribution in [0, 0.1) is 5.82 Å². The molecular formula is C20H17F2N3O4. The molecule has 9 heteroatoms. The van der Waals surface area contributed by atoms with Gasteiger partial charge in [0.25, 0.3) is 5.91 Å². The van der Waals surface area contributed by atoms with Crippen LogP contribution in [0.2, 0.25) is 0 Å². The number of rotatable bonds is 7. The molecule has 0 aliphatic rings. The van der Waals surface area contributed by atoms with Gasteiger partial charge in [0, 0.05) is 12.3 Å². The van der Waals surface area contributed by atoms with E-state index < -0.39 is 24.6 Å². The molecule has 1 atom stereocenters. The van der Waals surface area contributed by atoms with Crippen molar-refractivity contribution in [3.63, 3.8) is 0 Å². The third-order valence-corrected chi connectivity index (χ3v) is 4.11. The number of amides is 1. The van der Waals surface area contributed by atoms with Gasteiger partial charge in [0.2, 0.25) is 12.4 Å². The van der Waals surface area contributed by atoms with Crippen molar-refractivity contribution in [2.45, 2.75) is 6.04 Å². The Bertz CT molecular complexity index is 1030. The summed E-state index contributed by atoms with van der Waals surface area (Å²) in [5.41, 5.74) is 0.646. The van der Waals surface area contributed by atoms with E-state index in [0.717, 1.165) is 6.07 Å². The summed E-state index contributed by atoms with van der Waals surface area (Å²) in [6, 6.07) is 8.94. The predicted octanol–water partition coefficient (Wildman–Crippen LogP) is 2.74. The molecule has 0 saturated carbocycles. The van der Waals surface area contributed by atoms with Crippen LogP contribution >= 0.6 is 0 Å². The molecule has 150 valence electrons. The number of nitrogens with zero attached hydrogens (tertiary/aromatic N) is 1. The van der Waals surface area contributed by atoms with E-state index >= 15 is 0 Å². The maximum absolute atomic E-state index is 14.3. The monoisotopic (exact) mass is 401 g/mol. The molecule has 0 fully saturated rings. The number of benzene rings is 1. The molecule has 29 heavy (non-hydrogen) atoms. The Hall–Kier alpha value is -3.75. The van der Waals surface area contributed by atoms with Crippen LogP contribution < -0.4 is 20.3 Å². The number of H-pyrrole nitrogens is 1. The van der Waals surface area contributed by atoms with Crippen LogP contribution in [0.3, 0.4) is 0 Å². The zero-order valence-corrected chi connectivity index (χ0v) is 15.3. The van der Waals surface area contributed by atoms with Gasteiger partial charge in [-0.3, -0.25) is 14.6 Å². The smallest absolute Gasteiger partial charge is 0.253 e. The van der Waals surface area contributed by atoms with E-state index in [0.29, 0.717) is 17.0 Å². The number of alkyl halides is 1. The van der Waals surface area contributed by atoms with Crippen molar-refractivity contribution in [2.75, 3.05) is 14.0 Å². The summed E-state index contributed by atoms with van der Waals surface area (Å²) in [6.07, 6.45) is 2.74. The largest absolute Gasteiger partial charge is 0.495 e. The van der Waals surface area contributed by atoms with Gasteiger partial charge in [-0.15, -0.1) is 0 Å². The second-order valence-corrected chi connectivity index (χ2v) is 5.91. The Kier molecular flexibility index (Phi) is 6.18. The Labute approximate surface area is 164 Å². The number of carbonyl (C=O) groups excluding carboxylic acids is 1. The third-order valence-electron chi connectivity index (χ3n) is 4.11. The molecule has 3 aromatic rings. The highest BCUT2D eigenvalue weighted by molar-refractivity contribution is 5.94. The molecule has 1 aromatic carbocycles. The lowest BCUT2D eigenvalue weighted by Gasteiger charge is -2.20. The van der Waals surface area contributed by atoms with E-state index in [1.165, 1.54) is 43.8 Å². The van der Waals surface area contributed by atoms with Crippen molar-refractivity contribution in [3.05, 3.63) is 87.9 Å². The Morgan fingerprint density at radius 1 is 1.24 bits per heavy atom. The number of aromatic amines is 1. The standard InChI is InChI=1S/C20H17F2N3O4/c1-28-14-4-5-16(23-10-14)19(12-2-6-17(29-11-21)15(22)8-12)25-20(27)13-3-7-18(26)24-9-13/h2-10,19H,11H2,1H3,(H,24,26)(H,25,27). The minimum Gasteiger partial charge on any atom is -0.495 e. The van der Waals surface area contributed by atoms with Gasteiger partial charge in [0.1, 0.15) is 5.75 Å². The minimum atomic E-state index is -1.16. The maximum atomic E-state index is 14.3. The van der Waals surface area contributed by atoms with E-state index in [-0.39, 0.29) is 16.9 Å². The van der Waals surface area contributed by atoms with Gasteiger partial charge in [-0.25, -0.2) is 8.78 Å². The maximum Gasteiger partial charge on any atom is 0.253 e.